The maximum atomic E-state index is 2.45. The van der Waals surface area contributed by atoms with Crippen molar-refractivity contribution in [2.75, 3.05) is 4.90 Å². The molecule has 68 heavy (non-hydrogen) atoms. The molecule has 0 heterocycles. The fraction of sp³-hybridized carbons (Fsp3) is 0.0149. The summed E-state index contributed by atoms with van der Waals surface area (Å²) >= 11 is 0. The van der Waals surface area contributed by atoms with Gasteiger partial charge in [0.2, 0.25) is 0 Å². The summed E-state index contributed by atoms with van der Waals surface area (Å²) in [6, 6.07) is 101. The Morgan fingerprint density at radius 1 is 0.235 bits per heavy atom. The van der Waals surface area contributed by atoms with Gasteiger partial charge in [0.1, 0.15) is 0 Å². The highest BCUT2D eigenvalue weighted by Gasteiger charge is 2.46. The third-order valence-corrected chi connectivity index (χ3v) is 14.3. The number of benzene rings is 12. The van der Waals surface area contributed by atoms with E-state index in [0.717, 1.165) is 17.1 Å². The first-order chi connectivity index (χ1) is 33.7. The van der Waals surface area contributed by atoms with Crippen molar-refractivity contribution in [1.29, 1.82) is 0 Å². The molecule has 1 aliphatic rings. The molecule has 1 aliphatic carbocycles. The van der Waals surface area contributed by atoms with Crippen molar-refractivity contribution in [3.8, 4) is 44.5 Å². The van der Waals surface area contributed by atoms with Crippen LogP contribution < -0.4 is 4.90 Å². The Bertz CT molecular complexity index is 3790. The van der Waals surface area contributed by atoms with Crippen LogP contribution >= 0.6 is 0 Å². The van der Waals surface area contributed by atoms with Crippen LogP contribution in [0.4, 0.5) is 17.1 Å². The first-order valence-corrected chi connectivity index (χ1v) is 23.6. The summed E-state index contributed by atoms with van der Waals surface area (Å²) in [7, 11) is 0. The van der Waals surface area contributed by atoms with Gasteiger partial charge in [0.25, 0.3) is 0 Å². The molecule has 0 unspecified atom stereocenters. The second-order valence-corrected chi connectivity index (χ2v) is 18.0. The van der Waals surface area contributed by atoms with Crippen LogP contribution in [0.2, 0.25) is 0 Å². The zero-order chi connectivity index (χ0) is 45.0. The molecule has 0 aliphatic heterocycles. The van der Waals surface area contributed by atoms with Crippen LogP contribution in [0.3, 0.4) is 0 Å². The van der Waals surface area contributed by atoms with Crippen LogP contribution in [0.1, 0.15) is 22.3 Å². The highest BCUT2D eigenvalue weighted by atomic mass is 15.1. The van der Waals surface area contributed by atoms with Crippen LogP contribution in [-0.4, -0.2) is 0 Å². The molecule has 12 aromatic rings. The van der Waals surface area contributed by atoms with Gasteiger partial charge in [-0.2, -0.15) is 0 Å². The minimum absolute atomic E-state index is 0.455. The van der Waals surface area contributed by atoms with Crippen molar-refractivity contribution in [2.24, 2.45) is 0 Å². The van der Waals surface area contributed by atoms with Gasteiger partial charge in [0, 0.05) is 17.1 Å². The van der Waals surface area contributed by atoms with E-state index >= 15 is 0 Å². The SMILES string of the molecule is c1ccc(C2(c3ccccc3)c3ccccc3-c3ccc(-c4ccc(N(c5ccc(-c6ccc7c(ccc8ccccc87)c6)cc5)c5cccc(-c6cccc7ccccc67)c5)cc4)cc32)cc1. The Labute approximate surface area is 397 Å². The maximum absolute atomic E-state index is 2.45. The molecule has 0 saturated heterocycles. The molecule has 0 atom stereocenters. The third-order valence-electron chi connectivity index (χ3n) is 14.3. The molecule has 12 aromatic carbocycles. The van der Waals surface area contributed by atoms with E-state index in [0.29, 0.717) is 0 Å². The normalized spacial score (nSPS) is 12.5. The van der Waals surface area contributed by atoms with Gasteiger partial charge in [-0.15, -0.1) is 0 Å². The number of nitrogens with zero attached hydrogens (tertiary/aromatic N) is 1. The Hall–Kier alpha value is -8.78. The molecule has 1 heteroatoms. The van der Waals surface area contributed by atoms with E-state index in [2.05, 4.69) is 278 Å². The summed E-state index contributed by atoms with van der Waals surface area (Å²) < 4.78 is 0. The number of rotatable bonds is 8. The molecular weight excluding hydrogens is 819 g/mol. The molecule has 0 bridgehead atoms. The van der Waals surface area contributed by atoms with Gasteiger partial charge in [-0.25, -0.2) is 0 Å². The summed E-state index contributed by atoms with van der Waals surface area (Å²) in [5.74, 6) is 0. The summed E-state index contributed by atoms with van der Waals surface area (Å²) in [6.45, 7) is 0. The Balaban J connectivity index is 0.917. The van der Waals surface area contributed by atoms with Crippen molar-refractivity contribution in [3.63, 3.8) is 0 Å². The van der Waals surface area contributed by atoms with Crippen LogP contribution in [0, 0.1) is 0 Å². The summed E-state index contributed by atoms with van der Waals surface area (Å²) in [5.41, 5.74) is 17.7. The van der Waals surface area contributed by atoms with Crippen molar-refractivity contribution in [3.05, 3.63) is 295 Å². The van der Waals surface area contributed by atoms with Gasteiger partial charge in [0.15, 0.2) is 0 Å². The quantitative estimate of drug-likeness (QED) is 0.138. The topological polar surface area (TPSA) is 3.24 Å². The first-order valence-electron chi connectivity index (χ1n) is 23.6. The highest BCUT2D eigenvalue weighted by molar-refractivity contribution is 6.08. The molecule has 0 saturated carbocycles. The second-order valence-electron chi connectivity index (χ2n) is 18.0. The van der Waals surface area contributed by atoms with Crippen molar-refractivity contribution >= 4 is 49.4 Å². The fourth-order valence-electron chi connectivity index (χ4n) is 11.2. The highest BCUT2D eigenvalue weighted by Crippen LogP contribution is 2.56. The summed E-state index contributed by atoms with van der Waals surface area (Å²) in [5, 5.41) is 7.56. The maximum Gasteiger partial charge on any atom is 0.0713 e. The van der Waals surface area contributed by atoms with Crippen molar-refractivity contribution in [1.82, 2.24) is 0 Å². The number of anilines is 3. The lowest BCUT2D eigenvalue weighted by atomic mass is 9.67. The van der Waals surface area contributed by atoms with E-state index in [9.17, 15) is 0 Å². The van der Waals surface area contributed by atoms with E-state index < -0.39 is 5.41 Å². The molecule has 0 N–H and O–H groups in total. The monoisotopic (exact) mass is 863 g/mol. The van der Waals surface area contributed by atoms with E-state index in [-0.39, 0.29) is 0 Å². The van der Waals surface area contributed by atoms with Crippen LogP contribution in [0.15, 0.2) is 273 Å². The smallest absolute Gasteiger partial charge is 0.0713 e. The lowest BCUT2D eigenvalue weighted by Crippen LogP contribution is -2.28. The molecule has 318 valence electrons. The molecule has 0 amide bonds. The molecule has 0 aromatic heterocycles. The minimum atomic E-state index is -0.455. The van der Waals surface area contributed by atoms with E-state index in [4.69, 9.17) is 0 Å². The predicted molar refractivity (Wildman–Crippen MR) is 287 cm³/mol. The molecule has 0 spiro atoms. The van der Waals surface area contributed by atoms with Gasteiger partial charge < -0.3 is 4.90 Å². The standard InChI is InChI=1S/C67H45N/c1-3-19-54(20-4-1)67(55-21-5-2-6-22-55)65-28-12-11-26-63(65)64-42-36-51(45-66(64)67)47-33-39-57(40-34-47)68(58-23-13-18-52(44-58)61-27-14-17-48-15-7-9-24-59(48)61)56-37-31-46(32-38-56)50-35-41-62-53(43-50)30-29-49-16-8-10-25-60(49)62/h1-45H. The van der Waals surface area contributed by atoms with Crippen molar-refractivity contribution in [2.45, 2.75) is 5.41 Å². The van der Waals surface area contributed by atoms with Crippen molar-refractivity contribution < 1.29 is 0 Å². The summed E-state index contributed by atoms with van der Waals surface area (Å²) in [6.07, 6.45) is 0. The molecule has 0 radical (unpaired) electrons. The van der Waals surface area contributed by atoms with Crippen LogP contribution in [-0.2, 0) is 5.41 Å². The molecule has 13 rings (SSSR count). The predicted octanol–water partition coefficient (Wildman–Crippen LogP) is 18.0. The van der Waals surface area contributed by atoms with E-state index in [1.54, 1.807) is 0 Å². The number of hydrogen-bond donors (Lipinski definition) is 0. The van der Waals surface area contributed by atoms with Crippen LogP contribution in [0.25, 0.3) is 76.8 Å². The Kier molecular flexibility index (Phi) is 9.47. The zero-order valence-electron chi connectivity index (χ0n) is 37.4. The van der Waals surface area contributed by atoms with Crippen LogP contribution in [0.5, 0.6) is 0 Å². The first kappa shape index (κ1) is 39.6. The Morgan fingerprint density at radius 2 is 0.735 bits per heavy atom. The average molecular weight is 864 g/mol. The van der Waals surface area contributed by atoms with Gasteiger partial charge in [-0.05, 0) is 148 Å². The van der Waals surface area contributed by atoms with Gasteiger partial charge >= 0.3 is 0 Å². The Morgan fingerprint density at radius 3 is 1.46 bits per heavy atom. The second kappa shape index (κ2) is 16.3. The summed E-state index contributed by atoms with van der Waals surface area (Å²) in [4.78, 5) is 2.39. The molecular formula is C67H45N. The molecule has 1 nitrogen and oxygen atoms in total. The minimum Gasteiger partial charge on any atom is -0.310 e. The van der Waals surface area contributed by atoms with Gasteiger partial charge in [-0.1, -0.05) is 224 Å². The number of hydrogen-bond acceptors (Lipinski definition) is 1. The van der Waals surface area contributed by atoms with E-state index in [1.807, 2.05) is 0 Å². The lowest BCUT2D eigenvalue weighted by Gasteiger charge is -2.34. The molecule has 0 fully saturated rings. The van der Waals surface area contributed by atoms with E-state index in [1.165, 1.54) is 99.1 Å². The van der Waals surface area contributed by atoms with Gasteiger partial charge in [0.05, 0.1) is 5.41 Å². The number of fused-ring (bicyclic) bond motifs is 7. The van der Waals surface area contributed by atoms with Gasteiger partial charge in [-0.3, -0.25) is 0 Å². The lowest BCUT2D eigenvalue weighted by molar-refractivity contribution is 0.769. The largest absolute Gasteiger partial charge is 0.310 e. The third kappa shape index (κ3) is 6.47. The fourth-order valence-corrected chi connectivity index (χ4v) is 11.2. The zero-order valence-corrected chi connectivity index (χ0v) is 37.4. The average Bonchev–Trinajstić information content (AvgIpc) is 3.72.